The van der Waals surface area contributed by atoms with Crippen LogP contribution < -0.4 is 0 Å². The van der Waals surface area contributed by atoms with Crippen molar-refractivity contribution in [2.45, 2.75) is 51.4 Å². The molecule has 2 aliphatic heterocycles. The van der Waals surface area contributed by atoms with Crippen molar-refractivity contribution in [2.24, 2.45) is 0 Å². The van der Waals surface area contributed by atoms with Crippen LogP contribution in [-0.4, -0.2) is 28.9 Å². The fourth-order valence-electron chi connectivity index (χ4n) is 8.75. The number of nitrogens with zero attached hydrogens (tertiary/aromatic N) is 6. The van der Waals surface area contributed by atoms with E-state index in [-0.39, 0.29) is 12.1 Å². The van der Waals surface area contributed by atoms with Crippen LogP contribution in [0.2, 0.25) is 0 Å². The molecule has 0 unspecified atom stereocenters. The summed E-state index contributed by atoms with van der Waals surface area (Å²) < 4.78 is 4.86. The Kier molecular flexibility index (Phi) is 7.77. The molecule has 6 heteroatoms. The second-order valence-corrected chi connectivity index (χ2v) is 14.3. The summed E-state index contributed by atoms with van der Waals surface area (Å²) in [6.45, 7) is 4.85. The van der Waals surface area contributed by atoms with Gasteiger partial charge in [-0.05, 0) is 57.6 Å². The lowest BCUT2D eigenvalue weighted by molar-refractivity contribution is 0.0791. The average Bonchev–Trinajstić information content (AvgIpc) is 3.93. The van der Waals surface area contributed by atoms with Gasteiger partial charge < -0.3 is 9.13 Å². The number of benzene rings is 6. The van der Waals surface area contributed by atoms with Crippen LogP contribution in [0.5, 0.6) is 0 Å². The molecule has 52 heavy (non-hydrogen) atoms. The topological polar surface area (TPSA) is 42.1 Å². The first-order chi connectivity index (χ1) is 25.8. The molecule has 4 heterocycles. The van der Waals surface area contributed by atoms with E-state index in [0.29, 0.717) is 0 Å². The lowest BCUT2D eigenvalue weighted by atomic mass is 9.92. The van der Waals surface area contributed by atoms with Crippen LogP contribution in [0.3, 0.4) is 0 Å². The molecule has 0 amide bonds. The largest absolute Gasteiger partial charge is 0.322 e. The monoisotopic (exact) mass is 676 g/mol. The third kappa shape index (κ3) is 5.52. The lowest BCUT2D eigenvalue weighted by Crippen LogP contribution is -2.35. The van der Waals surface area contributed by atoms with E-state index in [9.17, 15) is 0 Å². The molecule has 6 nitrogen and oxygen atoms in total. The first kappa shape index (κ1) is 31.0. The highest BCUT2D eigenvalue weighted by atomic mass is 15.3. The van der Waals surface area contributed by atoms with Gasteiger partial charge in [-0.3, -0.25) is 9.80 Å². The Morgan fingerprint density at radius 1 is 0.404 bits per heavy atom. The maximum atomic E-state index is 5.30. The smallest absolute Gasteiger partial charge is 0.124 e. The third-order valence-corrected chi connectivity index (χ3v) is 11.1. The second-order valence-electron chi connectivity index (χ2n) is 14.3. The highest BCUT2D eigenvalue weighted by Crippen LogP contribution is 2.50. The van der Waals surface area contributed by atoms with E-state index in [1.54, 1.807) is 0 Å². The van der Waals surface area contributed by atoms with E-state index in [4.69, 9.17) is 9.97 Å². The minimum absolute atomic E-state index is 0.150. The number of aromatic nitrogens is 4. The average molecular weight is 677 g/mol. The Hall–Kier alpha value is -5.82. The second kappa shape index (κ2) is 13.1. The summed E-state index contributed by atoms with van der Waals surface area (Å²) in [5.74, 6) is 2.20. The fourth-order valence-corrected chi connectivity index (χ4v) is 8.75. The minimum atomic E-state index is 0.150. The molecule has 8 aromatic rings. The van der Waals surface area contributed by atoms with Gasteiger partial charge in [0.1, 0.15) is 11.6 Å². The van der Waals surface area contributed by atoms with Gasteiger partial charge >= 0.3 is 0 Å². The molecule has 0 spiro atoms. The van der Waals surface area contributed by atoms with Gasteiger partial charge in [-0.2, -0.15) is 0 Å². The molecule has 0 aliphatic carbocycles. The molecule has 0 saturated heterocycles. The standard InChI is InChI=1S/C46H40N6/c1-3-15-33(16-4-1)27-51-41-25-13-11-23-39(41)47-43(51)31-49-29-35-19-7-9-21-37(35)45(49)46-38-22-10-8-20-36(38)30-50(46)32-44-48-40-24-12-14-26-42(40)52(44)28-34-17-5-2-6-18-34/h1-26,45-46H,27-32H2/t45-,46-/m0/s1. The van der Waals surface area contributed by atoms with Crippen molar-refractivity contribution in [3.63, 3.8) is 0 Å². The molecule has 0 radical (unpaired) electrons. The van der Waals surface area contributed by atoms with Crippen molar-refractivity contribution >= 4 is 22.1 Å². The third-order valence-electron chi connectivity index (χ3n) is 11.1. The summed E-state index contributed by atoms with van der Waals surface area (Å²) in [5.41, 5.74) is 12.6. The predicted molar refractivity (Wildman–Crippen MR) is 207 cm³/mol. The zero-order chi connectivity index (χ0) is 34.4. The molecule has 6 aromatic carbocycles. The Labute approximate surface area is 304 Å². The van der Waals surface area contributed by atoms with Gasteiger partial charge in [-0.25, -0.2) is 9.97 Å². The van der Waals surface area contributed by atoms with E-state index < -0.39 is 0 Å². The van der Waals surface area contributed by atoms with Crippen molar-refractivity contribution in [2.75, 3.05) is 0 Å². The SMILES string of the molecule is c1ccc(Cn2c(CN3Cc4ccccc4[C@H]3[C@@H]3c4ccccc4CN3Cc3nc4ccccc4n3Cc3ccccc3)nc3ccccc32)cc1. The Morgan fingerprint density at radius 2 is 0.788 bits per heavy atom. The number of hydrogen-bond acceptors (Lipinski definition) is 4. The summed E-state index contributed by atoms with van der Waals surface area (Å²) in [5, 5.41) is 0. The maximum absolute atomic E-state index is 5.30. The zero-order valence-corrected chi connectivity index (χ0v) is 29.1. The molecule has 2 atom stereocenters. The van der Waals surface area contributed by atoms with E-state index in [1.807, 2.05) is 0 Å². The number of rotatable bonds is 9. The van der Waals surface area contributed by atoms with Crippen molar-refractivity contribution in [3.8, 4) is 0 Å². The summed E-state index contributed by atoms with van der Waals surface area (Å²) in [7, 11) is 0. The van der Waals surface area contributed by atoms with Crippen LogP contribution in [0, 0.1) is 0 Å². The van der Waals surface area contributed by atoms with Crippen LogP contribution in [0.15, 0.2) is 158 Å². The zero-order valence-electron chi connectivity index (χ0n) is 29.1. The van der Waals surface area contributed by atoms with Gasteiger partial charge in [0.15, 0.2) is 0 Å². The first-order valence-corrected chi connectivity index (χ1v) is 18.4. The molecule has 0 bridgehead atoms. The van der Waals surface area contributed by atoms with Crippen LogP contribution in [0.25, 0.3) is 22.1 Å². The van der Waals surface area contributed by atoms with Crippen LogP contribution in [0.4, 0.5) is 0 Å². The fraction of sp³-hybridized carbons (Fsp3) is 0.174. The number of imidazole rings is 2. The van der Waals surface area contributed by atoms with Gasteiger partial charge in [0.05, 0.1) is 47.2 Å². The Balaban J connectivity index is 1.06. The highest BCUT2D eigenvalue weighted by Gasteiger charge is 2.44. The van der Waals surface area contributed by atoms with Crippen LogP contribution >= 0.6 is 0 Å². The van der Waals surface area contributed by atoms with Crippen molar-refractivity contribution < 1.29 is 0 Å². The van der Waals surface area contributed by atoms with Gasteiger partial charge in [0.2, 0.25) is 0 Å². The Bertz CT molecular complexity index is 2340. The summed E-state index contributed by atoms with van der Waals surface area (Å²) in [4.78, 5) is 16.0. The van der Waals surface area contributed by atoms with E-state index in [1.165, 1.54) is 44.4 Å². The van der Waals surface area contributed by atoms with Crippen molar-refractivity contribution in [1.82, 2.24) is 28.9 Å². The summed E-state index contributed by atoms with van der Waals surface area (Å²) >= 11 is 0. The lowest BCUT2D eigenvalue weighted by Gasteiger charge is -2.36. The van der Waals surface area contributed by atoms with Gasteiger partial charge in [-0.15, -0.1) is 0 Å². The summed E-state index contributed by atoms with van der Waals surface area (Å²) in [6.07, 6.45) is 0. The molecule has 2 aliphatic rings. The number of para-hydroxylation sites is 4. The molecule has 0 N–H and O–H groups in total. The molecular formula is C46H40N6. The van der Waals surface area contributed by atoms with E-state index >= 15 is 0 Å². The molecule has 10 rings (SSSR count). The molecule has 2 aromatic heterocycles. The molecular weight excluding hydrogens is 637 g/mol. The minimum Gasteiger partial charge on any atom is -0.322 e. The van der Waals surface area contributed by atoms with Crippen LogP contribution in [0.1, 0.15) is 57.1 Å². The van der Waals surface area contributed by atoms with Gasteiger partial charge in [0.25, 0.3) is 0 Å². The molecule has 254 valence electrons. The first-order valence-electron chi connectivity index (χ1n) is 18.4. The highest BCUT2D eigenvalue weighted by molar-refractivity contribution is 5.77. The van der Waals surface area contributed by atoms with Crippen molar-refractivity contribution in [1.29, 1.82) is 0 Å². The number of hydrogen-bond donors (Lipinski definition) is 0. The van der Waals surface area contributed by atoms with Crippen molar-refractivity contribution in [3.05, 3.63) is 203 Å². The van der Waals surface area contributed by atoms with Gasteiger partial charge in [-0.1, -0.05) is 133 Å². The van der Waals surface area contributed by atoms with E-state index in [0.717, 1.165) is 62.0 Å². The number of fused-ring (bicyclic) bond motifs is 4. The normalized spacial score (nSPS) is 17.2. The summed E-state index contributed by atoms with van der Waals surface area (Å²) in [6, 6.07) is 57.2. The predicted octanol–water partition coefficient (Wildman–Crippen LogP) is 9.30. The quantitative estimate of drug-likeness (QED) is 0.153. The molecule has 0 saturated carbocycles. The van der Waals surface area contributed by atoms with E-state index in [2.05, 4.69) is 177 Å². The maximum Gasteiger partial charge on any atom is 0.124 e. The Morgan fingerprint density at radius 3 is 1.25 bits per heavy atom. The van der Waals surface area contributed by atoms with Crippen LogP contribution in [-0.2, 0) is 39.3 Å². The molecule has 0 fully saturated rings. The van der Waals surface area contributed by atoms with Gasteiger partial charge in [0, 0.05) is 26.2 Å².